The van der Waals surface area contributed by atoms with Crippen LogP contribution in [0.1, 0.15) is 35.2 Å². The number of carbonyl (C=O) groups excluding carboxylic acids is 1. The molecule has 1 aliphatic rings. The molecule has 6 rings (SSSR count). The van der Waals surface area contributed by atoms with Crippen LogP contribution < -0.4 is 19.6 Å². The zero-order valence-corrected chi connectivity index (χ0v) is 26.2. The van der Waals surface area contributed by atoms with Crippen LogP contribution >= 0.6 is 34.5 Å². The fourth-order valence-electron chi connectivity index (χ4n) is 5.05. The van der Waals surface area contributed by atoms with Crippen molar-refractivity contribution < 1.29 is 18.7 Å². The molecule has 10 heteroatoms. The van der Waals surface area contributed by atoms with Crippen LogP contribution in [0.5, 0.6) is 5.75 Å². The van der Waals surface area contributed by atoms with Gasteiger partial charge < -0.3 is 9.47 Å². The third-order valence-corrected chi connectivity index (χ3v) is 8.60. The van der Waals surface area contributed by atoms with E-state index >= 15 is 0 Å². The highest BCUT2D eigenvalue weighted by atomic mass is 35.5. The highest BCUT2D eigenvalue weighted by Gasteiger charge is 2.35. The van der Waals surface area contributed by atoms with Gasteiger partial charge in [0.05, 0.1) is 28.5 Å². The molecule has 0 aliphatic carbocycles. The summed E-state index contributed by atoms with van der Waals surface area (Å²) in [7, 11) is 0. The lowest BCUT2D eigenvalue weighted by Gasteiger charge is -2.25. The van der Waals surface area contributed by atoms with Gasteiger partial charge in [-0.15, -0.1) is 0 Å². The minimum Gasteiger partial charge on any atom is -0.488 e. The van der Waals surface area contributed by atoms with Crippen molar-refractivity contribution in [2.24, 2.45) is 4.99 Å². The predicted octanol–water partition coefficient (Wildman–Crippen LogP) is 6.96. The maximum Gasteiger partial charge on any atom is 0.338 e. The van der Waals surface area contributed by atoms with E-state index in [4.69, 9.17) is 37.7 Å². The first kappa shape index (κ1) is 30.5. The first-order chi connectivity index (χ1) is 21.8. The molecule has 0 bridgehead atoms. The van der Waals surface area contributed by atoms with Gasteiger partial charge in [-0.1, -0.05) is 89.1 Å². The second-order valence-electron chi connectivity index (χ2n) is 10.1. The monoisotopic (exact) mass is 658 g/mol. The average Bonchev–Trinajstić information content (AvgIpc) is 3.35. The van der Waals surface area contributed by atoms with Crippen molar-refractivity contribution in [2.45, 2.75) is 19.6 Å². The minimum absolute atomic E-state index is 0.124. The Morgan fingerprint density at radius 1 is 0.978 bits per heavy atom. The highest BCUT2D eigenvalue weighted by molar-refractivity contribution is 7.07. The lowest BCUT2D eigenvalue weighted by Crippen LogP contribution is -2.40. The first-order valence-electron chi connectivity index (χ1n) is 14.0. The van der Waals surface area contributed by atoms with Crippen LogP contribution in [0.2, 0.25) is 10.0 Å². The smallest absolute Gasteiger partial charge is 0.338 e. The standard InChI is InChI=1S/C35H25Cl2FN2O4S/c1-2-43-34(42)30-31(22-6-4-3-5-7-22)39-35-40(32(30)23-10-15-27(38)16-11-23)33(41)29(45-35)19-24-18-26(37)14-17-28(24)44-20-21-8-12-25(36)13-9-21/h3-19,32H,2,20H2,1H3/b29-19-/t32-/m0/s1. The molecule has 1 aliphatic heterocycles. The number of carbonyl (C=O) groups is 1. The third kappa shape index (κ3) is 6.49. The minimum atomic E-state index is -0.918. The van der Waals surface area contributed by atoms with Crippen molar-refractivity contribution in [3.05, 3.63) is 160 Å². The molecule has 0 amide bonds. The zero-order valence-electron chi connectivity index (χ0n) is 23.9. The second kappa shape index (κ2) is 13.2. The molecule has 0 fully saturated rings. The molecule has 0 unspecified atom stereocenters. The van der Waals surface area contributed by atoms with Gasteiger partial charge in [-0.05, 0) is 66.6 Å². The number of hydrogen-bond acceptors (Lipinski definition) is 6. The number of nitrogens with zero attached hydrogens (tertiary/aromatic N) is 2. The van der Waals surface area contributed by atoms with Crippen molar-refractivity contribution in [1.29, 1.82) is 0 Å². The van der Waals surface area contributed by atoms with Crippen LogP contribution in [-0.2, 0) is 16.1 Å². The summed E-state index contributed by atoms with van der Waals surface area (Å²) in [5.74, 6) is -0.535. The summed E-state index contributed by atoms with van der Waals surface area (Å²) >= 11 is 13.6. The third-order valence-electron chi connectivity index (χ3n) is 7.13. The molecule has 6 nitrogen and oxygen atoms in total. The summed E-state index contributed by atoms with van der Waals surface area (Å²) < 4.78 is 27.4. The molecular weight excluding hydrogens is 634 g/mol. The van der Waals surface area contributed by atoms with Crippen LogP contribution in [0, 0.1) is 5.82 Å². The van der Waals surface area contributed by atoms with Crippen molar-refractivity contribution in [3.63, 3.8) is 0 Å². The molecule has 0 radical (unpaired) electrons. The number of aromatic nitrogens is 1. The maximum absolute atomic E-state index is 14.2. The van der Waals surface area contributed by atoms with Gasteiger partial charge in [0.1, 0.15) is 18.2 Å². The molecule has 5 aromatic rings. The van der Waals surface area contributed by atoms with Gasteiger partial charge in [0.25, 0.3) is 5.56 Å². The van der Waals surface area contributed by atoms with Gasteiger partial charge in [-0.3, -0.25) is 9.36 Å². The molecule has 0 spiro atoms. The Balaban J connectivity index is 1.53. The normalized spacial score (nSPS) is 14.6. The number of hydrogen-bond donors (Lipinski definition) is 0. The Hall–Kier alpha value is -4.50. The number of fused-ring (bicyclic) bond motifs is 1. The molecule has 226 valence electrons. The van der Waals surface area contributed by atoms with E-state index in [2.05, 4.69) is 0 Å². The van der Waals surface area contributed by atoms with Crippen molar-refractivity contribution >= 4 is 52.3 Å². The van der Waals surface area contributed by atoms with E-state index in [1.807, 2.05) is 42.5 Å². The molecular formula is C35H25Cl2FN2O4S. The second-order valence-corrected chi connectivity index (χ2v) is 12.0. The number of esters is 1. The Labute approximate surface area is 271 Å². The fourth-order valence-corrected chi connectivity index (χ4v) is 6.35. The first-order valence-corrected chi connectivity index (χ1v) is 15.6. The van der Waals surface area contributed by atoms with Crippen LogP contribution in [-0.4, -0.2) is 17.1 Å². The van der Waals surface area contributed by atoms with Crippen molar-refractivity contribution in [3.8, 4) is 5.75 Å². The van der Waals surface area contributed by atoms with Crippen LogP contribution in [0.15, 0.2) is 112 Å². The van der Waals surface area contributed by atoms with E-state index in [-0.39, 0.29) is 24.3 Å². The van der Waals surface area contributed by atoms with Gasteiger partial charge in [0.2, 0.25) is 0 Å². The van der Waals surface area contributed by atoms with Gasteiger partial charge in [0.15, 0.2) is 4.80 Å². The zero-order chi connectivity index (χ0) is 31.5. The van der Waals surface area contributed by atoms with Crippen LogP contribution in [0.25, 0.3) is 11.8 Å². The molecule has 45 heavy (non-hydrogen) atoms. The Morgan fingerprint density at radius 3 is 2.40 bits per heavy atom. The molecule has 0 saturated heterocycles. The van der Waals surface area contributed by atoms with Gasteiger partial charge in [-0.2, -0.15) is 0 Å². The van der Waals surface area contributed by atoms with E-state index in [0.717, 1.165) is 5.56 Å². The van der Waals surface area contributed by atoms with Crippen LogP contribution in [0.4, 0.5) is 4.39 Å². The van der Waals surface area contributed by atoms with E-state index < -0.39 is 17.8 Å². The quantitative estimate of drug-likeness (QED) is 0.169. The average molecular weight is 660 g/mol. The lowest BCUT2D eigenvalue weighted by molar-refractivity contribution is -0.138. The predicted molar refractivity (Wildman–Crippen MR) is 175 cm³/mol. The van der Waals surface area contributed by atoms with E-state index in [1.54, 1.807) is 55.5 Å². The number of ether oxygens (including phenoxy) is 2. The highest BCUT2D eigenvalue weighted by Crippen LogP contribution is 2.35. The SMILES string of the molecule is CCOC(=O)C1=C(c2ccccc2)N=c2s/c(=C\c3cc(Cl)ccc3OCc3ccc(Cl)cc3)c(=O)n2[C@H]1c1ccc(F)cc1. The number of benzene rings is 4. The molecule has 1 aromatic heterocycles. The molecule has 0 saturated carbocycles. The summed E-state index contributed by atoms with van der Waals surface area (Å²) in [6.45, 7) is 2.10. The van der Waals surface area contributed by atoms with Crippen molar-refractivity contribution in [1.82, 2.24) is 4.57 Å². The number of rotatable bonds is 8. The Morgan fingerprint density at radius 2 is 1.69 bits per heavy atom. The largest absolute Gasteiger partial charge is 0.488 e. The molecule has 0 N–H and O–H groups in total. The summed E-state index contributed by atoms with van der Waals surface area (Å²) in [5, 5.41) is 1.09. The van der Waals surface area contributed by atoms with Gasteiger partial charge in [0, 0.05) is 21.2 Å². The number of thiazole rings is 1. The summed E-state index contributed by atoms with van der Waals surface area (Å²) in [6.07, 6.45) is 1.70. The van der Waals surface area contributed by atoms with Crippen LogP contribution in [0.3, 0.4) is 0 Å². The molecule has 4 aromatic carbocycles. The summed E-state index contributed by atoms with van der Waals surface area (Å²) in [5.41, 5.74) is 2.90. The maximum atomic E-state index is 14.2. The lowest BCUT2D eigenvalue weighted by atomic mass is 9.93. The van der Waals surface area contributed by atoms with Crippen molar-refractivity contribution in [2.75, 3.05) is 6.61 Å². The Kier molecular flexibility index (Phi) is 8.98. The summed E-state index contributed by atoms with van der Waals surface area (Å²) in [4.78, 5) is 33.0. The number of halogens is 3. The molecule has 2 heterocycles. The van der Waals surface area contributed by atoms with E-state index in [9.17, 15) is 14.0 Å². The van der Waals surface area contributed by atoms with E-state index in [1.165, 1.54) is 28.0 Å². The molecule has 1 atom stereocenters. The summed E-state index contributed by atoms with van der Waals surface area (Å²) in [6, 6.07) is 26.5. The van der Waals surface area contributed by atoms with Gasteiger partial charge in [-0.25, -0.2) is 14.2 Å². The Bertz CT molecular complexity index is 2090. The fraction of sp³-hybridized carbons (Fsp3) is 0.114. The van der Waals surface area contributed by atoms with E-state index in [0.29, 0.717) is 47.5 Å². The topological polar surface area (TPSA) is 69.9 Å². The van der Waals surface area contributed by atoms with Gasteiger partial charge >= 0.3 is 5.97 Å².